The molecule has 0 bridgehead atoms. The van der Waals surface area contributed by atoms with Gasteiger partial charge in [0.05, 0.1) is 18.6 Å². The quantitative estimate of drug-likeness (QED) is 0.739. The highest BCUT2D eigenvalue weighted by Crippen LogP contribution is 2.25. The molecule has 0 aliphatic carbocycles. The highest BCUT2D eigenvalue weighted by atomic mass is 35.5. The average molecular weight is 346 g/mol. The molecule has 0 aliphatic heterocycles. The molecular formula is C15H21Cl2N3O2. The Morgan fingerprint density at radius 1 is 1.23 bits per heavy atom. The number of carbonyl (C=O) groups is 2. The van der Waals surface area contributed by atoms with Crippen LogP contribution < -0.4 is 16.4 Å². The maximum absolute atomic E-state index is 11.9. The minimum atomic E-state index is -0.632. The van der Waals surface area contributed by atoms with Crippen LogP contribution in [0.4, 0.5) is 0 Å². The molecule has 0 saturated heterocycles. The summed E-state index contributed by atoms with van der Waals surface area (Å²) in [7, 11) is 0. The summed E-state index contributed by atoms with van der Waals surface area (Å²) in [5, 5.41) is 6.32. The fraction of sp³-hybridized carbons (Fsp3) is 0.467. The fourth-order valence-corrected chi connectivity index (χ4v) is 2.27. The van der Waals surface area contributed by atoms with Gasteiger partial charge in [-0.05, 0) is 36.6 Å². The summed E-state index contributed by atoms with van der Waals surface area (Å²) in [5.74, 6) is -0.668. The number of hydrogen-bond acceptors (Lipinski definition) is 3. The van der Waals surface area contributed by atoms with Crippen molar-refractivity contribution in [2.24, 2.45) is 11.7 Å². The van der Waals surface area contributed by atoms with E-state index in [0.717, 1.165) is 0 Å². The maximum Gasteiger partial charge on any atom is 0.239 e. The molecule has 7 heteroatoms. The van der Waals surface area contributed by atoms with Crippen LogP contribution in [0.15, 0.2) is 18.2 Å². The van der Waals surface area contributed by atoms with Crippen LogP contribution in [-0.2, 0) is 9.59 Å². The van der Waals surface area contributed by atoms with E-state index in [9.17, 15) is 9.59 Å². The van der Waals surface area contributed by atoms with Gasteiger partial charge < -0.3 is 16.4 Å². The zero-order chi connectivity index (χ0) is 16.9. The first kappa shape index (κ1) is 18.7. The van der Waals surface area contributed by atoms with Crippen LogP contribution in [0, 0.1) is 5.92 Å². The molecule has 4 N–H and O–H groups in total. The highest BCUT2D eigenvalue weighted by Gasteiger charge is 2.18. The largest absolute Gasteiger partial charge is 0.348 e. The van der Waals surface area contributed by atoms with E-state index in [1.165, 1.54) is 0 Å². The fourth-order valence-electron chi connectivity index (χ4n) is 1.80. The lowest BCUT2D eigenvalue weighted by Gasteiger charge is -2.18. The number of amides is 2. The average Bonchev–Trinajstić information content (AvgIpc) is 2.46. The van der Waals surface area contributed by atoms with Gasteiger partial charge >= 0.3 is 0 Å². The van der Waals surface area contributed by atoms with Crippen molar-refractivity contribution in [2.45, 2.75) is 32.9 Å². The van der Waals surface area contributed by atoms with Gasteiger partial charge in [-0.1, -0.05) is 37.0 Å². The van der Waals surface area contributed by atoms with E-state index >= 15 is 0 Å². The van der Waals surface area contributed by atoms with Crippen molar-refractivity contribution >= 4 is 35.0 Å². The van der Waals surface area contributed by atoms with Crippen LogP contribution >= 0.6 is 23.2 Å². The zero-order valence-electron chi connectivity index (χ0n) is 12.8. The van der Waals surface area contributed by atoms with Crippen molar-refractivity contribution in [2.75, 3.05) is 6.54 Å². The van der Waals surface area contributed by atoms with Crippen molar-refractivity contribution in [1.82, 2.24) is 10.6 Å². The van der Waals surface area contributed by atoms with Gasteiger partial charge in [0.1, 0.15) is 0 Å². The van der Waals surface area contributed by atoms with E-state index in [2.05, 4.69) is 10.6 Å². The Kier molecular flexibility index (Phi) is 7.13. The molecule has 2 amide bonds. The topological polar surface area (TPSA) is 84.2 Å². The molecule has 0 spiro atoms. The minimum absolute atomic E-state index is 0.00671. The predicted molar refractivity (Wildman–Crippen MR) is 88.8 cm³/mol. The van der Waals surface area contributed by atoms with Crippen LogP contribution in [0.2, 0.25) is 10.0 Å². The number of carbonyl (C=O) groups excluding carboxylic acids is 2. The second-order valence-corrected chi connectivity index (χ2v) is 6.29. The van der Waals surface area contributed by atoms with Crippen molar-refractivity contribution < 1.29 is 9.59 Å². The van der Waals surface area contributed by atoms with Gasteiger partial charge in [-0.15, -0.1) is 0 Å². The Bertz CT molecular complexity index is 550. The molecule has 1 unspecified atom stereocenters. The van der Waals surface area contributed by atoms with E-state index in [4.69, 9.17) is 28.9 Å². The number of rotatable bonds is 6. The summed E-state index contributed by atoms with van der Waals surface area (Å²) in [4.78, 5) is 23.6. The highest BCUT2D eigenvalue weighted by molar-refractivity contribution is 6.33. The molecule has 0 fully saturated rings. The van der Waals surface area contributed by atoms with Gasteiger partial charge in [-0.2, -0.15) is 0 Å². The molecule has 22 heavy (non-hydrogen) atoms. The van der Waals surface area contributed by atoms with Crippen molar-refractivity contribution in [3.05, 3.63) is 33.8 Å². The van der Waals surface area contributed by atoms with Crippen LogP contribution in [0.5, 0.6) is 0 Å². The van der Waals surface area contributed by atoms with Crippen LogP contribution in [0.1, 0.15) is 32.4 Å². The summed E-state index contributed by atoms with van der Waals surface area (Å²) in [5.41, 5.74) is 6.41. The molecule has 0 radical (unpaired) electrons. The van der Waals surface area contributed by atoms with Crippen molar-refractivity contribution in [1.29, 1.82) is 0 Å². The first-order chi connectivity index (χ1) is 10.2. The lowest BCUT2D eigenvalue weighted by molar-refractivity contribution is -0.127. The van der Waals surface area contributed by atoms with Crippen LogP contribution in [0.25, 0.3) is 0 Å². The third-order valence-corrected chi connectivity index (χ3v) is 3.83. The van der Waals surface area contributed by atoms with Gasteiger partial charge in [0.15, 0.2) is 0 Å². The Morgan fingerprint density at radius 3 is 2.45 bits per heavy atom. The first-order valence-electron chi connectivity index (χ1n) is 7.00. The monoisotopic (exact) mass is 345 g/mol. The molecule has 1 aromatic carbocycles. The standard InChI is InChI=1S/C15H21Cl2N3O2/c1-8(2)14(18)15(22)19-7-13(21)20-9(3)11-6-10(16)4-5-12(11)17/h4-6,8-9,14H,7,18H2,1-3H3,(H,19,22)(H,20,21)/t9?,14-/m0/s1. The summed E-state index contributed by atoms with van der Waals surface area (Å²) in [6.07, 6.45) is 0. The summed E-state index contributed by atoms with van der Waals surface area (Å²) in [6.45, 7) is 5.33. The van der Waals surface area contributed by atoms with E-state index in [1.807, 2.05) is 13.8 Å². The Hall–Kier alpha value is -1.30. The number of nitrogens with one attached hydrogen (secondary N) is 2. The molecule has 0 aromatic heterocycles. The predicted octanol–water partition coefficient (Wildman–Crippen LogP) is 2.27. The van der Waals surface area contributed by atoms with Crippen LogP contribution in [-0.4, -0.2) is 24.4 Å². The van der Waals surface area contributed by atoms with Crippen LogP contribution in [0.3, 0.4) is 0 Å². The van der Waals surface area contributed by atoms with Crippen molar-refractivity contribution in [3.8, 4) is 0 Å². The third kappa shape index (κ3) is 5.48. The molecule has 0 aliphatic rings. The number of nitrogens with two attached hydrogens (primary N) is 1. The SMILES string of the molecule is CC(NC(=O)CNC(=O)[C@@H](N)C(C)C)c1cc(Cl)ccc1Cl. The van der Waals surface area contributed by atoms with Crippen molar-refractivity contribution in [3.63, 3.8) is 0 Å². The number of halogens is 2. The normalized spacial score (nSPS) is 13.6. The van der Waals surface area contributed by atoms with E-state index < -0.39 is 6.04 Å². The molecule has 1 aromatic rings. The Balaban J connectivity index is 2.55. The summed E-state index contributed by atoms with van der Waals surface area (Å²) < 4.78 is 0. The molecular weight excluding hydrogens is 325 g/mol. The minimum Gasteiger partial charge on any atom is -0.348 e. The lowest BCUT2D eigenvalue weighted by atomic mass is 10.1. The number of benzene rings is 1. The van der Waals surface area contributed by atoms with Gasteiger partial charge in [0, 0.05) is 10.0 Å². The first-order valence-corrected chi connectivity index (χ1v) is 7.75. The molecule has 0 heterocycles. The zero-order valence-corrected chi connectivity index (χ0v) is 14.3. The Labute approximate surface area is 140 Å². The second kappa shape index (κ2) is 8.36. The number of hydrogen-bond donors (Lipinski definition) is 3. The molecule has 0 saturated carbocycles. The van der Waals surface area contributed by atoms with E-state index in [1.54, 1.807) is 25.1 Å². The molecule has 122 valence electrons. The van der Waals surface area contributed by atoms with Gasteiger partial charge in [0.2, 0.25) is 11.8 Å². The van der Waals surface area contributed by atoms with E-state index in [-0.39, 0.29) is 30.3 Å². The molecule has 1 rings (SSSR count). The van der Waals surface area contributed by atoms with Gasteiger partial charge in [0.25, 0.3) is 0 Å². The Morgan fingerprint density at radius 2 is 1.86 bits per heavy atom. The van der Waals surface area contributed by atoms with E-state index in [0.29, 0.717) is 15.6 Å². The molecule has 2 atom stereocenters. The lowest BCUT2D eigenvalue weighted by Crippen LogP contribution is -2.47. The molecule has 5 nitrogen and oxygen atoms in total. The van der Waals surface area contributed by atoms with Gasteiger partial charge in [-0.3, -0.25) is 9.59 Å². The van der Waals surface area contributed by atoms with Gasteiger partial charge in [-0.25, -0.2) is 0 Å². The summed E-state index contributed by atoms with van der Waals surface area (Å²) >= 11 is 12.0. The smallest absolute Gasteiger partial charge is 0.239 e. The maximum atomic E-state index is 11.9. The second-order valence-electron chi connectivity index (χ2n) is 5.44. The third-order valence-electron chi connectivity index (χ3n) is 3.25. The summed E-state index contributed by atoms with van der Waals surface area (Å²) in [6, 6.07) is 4.09.